The van der Waals surface area contributed by atoms with Crippen LogP contribution in [-0.2, 0) is 11.3 Å². The van der Waals surface area contributed by atoms with Gasteiger partial charge in [-0.05, 0) is 32.4 Å². The van der Waals surface area contributed by atoms with E-state index in [0.29, 0.717) is 5.56 Å². The first-order chi connectivity index (χ1) is 8.94. The Hall–Kier alpha value is -2.03. The molecule has 0 saturated heterocycles. The van der Waals surface area contributed by atoms with E-state index in [1.807, 2.05) is 55.9 Å². The summed E-state index contributed by atoms with van der Waals surface area (Å²) in [6.45, 7) is 6.35. The van der Waals surface area contributed by atoms with E-state index in [2.05, 4.69) is 12.1 Å². The summed E-state index contributed by atoms with van der Waals surface area (Å²) in [5.41, 5.74) is 1.33. The summed E-state index contributed by atoms with van der Waals surface area (Å²) < 4.78 is 7.32. The Labute approximate surface area is 113 Å². The zero-order valence-electron chi connectivity index (χ0n) is 11.6. The Kier molecular flexibility index (Phi) is 3.74. The molecule has 0 aliphatic carbocycles. The van der Waals surface area contributed by atoms with E-state index in [4.69, 9.17) is 4.74 Å². The highest BCUT2D eigenvalue weighted by molar-refractivity contribution is 5.89. The van der Waals surface area contributed by atoms with Gasteiger partial charge in [0.1, 0.15) is 5.60 Å². The molecule has 0 unspecified atom stereocenters. The lowest BCUT2D eigenvalue weighted by Crippen LogP contribution is -2.23. The minimum absolute atomic E-state index is 0.278. The number of carbonyl (C=O) groups excluding carboxylic acids is 1. The van der Waals surface area contributed by atoms with Crippen molar-refractivity contribution in [1.82, 2.24) is 4.57 Å². The maximum atomic E-state index is 11.9. The van der Waals surface area contributed by atoms with Crippen molar-refractivity contribution in [2.75, 3.05) is 0 Å². The molecular weight excluding hydrogens is 238 g/mol. The molecule has 0 aliphatic heterocycles. The van der Waals surface area contributed by atoms with Crippen LogP contribution in [0.1, 0.15) is 36.7 Å². The lowest BCUT2D eigenvalue weighted by molar-refractivity contribution is 0.00695. The van der Waals surface area contributed by atoms with E-state index in [1.54, 1.807) is 6.07 Å². The van der Waals surface area contributed by atoms with Crippen molar-refractivity contribution in [2.45, 2.75) is 32.9 Å². The molecule has 0 atom stereocenters. The lowest BCUT2D eigenvalue weighted by atomic mass is 10.2. The predicted molar refractivity (Wildman–Crippen MR) is 75.1 cm³/mol. The first-order valence-electron chi connectivity index (χ1n) is 6.37. The number of aromatic nitrogens is 1. The minimum Gasteiger partial charge on any atom is -0.456 e. The number of nitrogens with zero attached hydrogens (tertiary/aromatic N) is 1. The highest BCUT2D eigenvalue weighted by Gasteiger charge is 2.18. The number of hydrogen-bond acceptors (Lipinski definition) is 2. The van der Waals surface area contributed by atoms with Gasteiger partial charge in [-0.15, -0.1) is 0 Å². The highest BCUT2D eigenvalue weighted by Crippen LogP contribution is 2.13. The average Bonchev–Trinajstić information content (AvgIpc) is 2.77. The molecule has 100 valence electrons. The van der Waals surface area contributed by atoms with Gasteiger partial charge in [-0.3, -0.25) is 0 Å². The van der Waals surface area contributed by atoms with Gasteiger partial charge in [0.15, 0.2) is 0 Å². The molecule has 0 bridgehead atoms. The Morgan fingerprint density at radius 3 is 2.47 bits per heavy atom. The third-order valence-electron chi connectivity index (χ3n) is 2.59. The van der Waals surface area contributed by atoms with Crippen molar-refractivity contribution in [2.24, 2.45) is 0 Å². The van der Waals surface area contributed by atoms with Gasteiger partial charge in [-0.25, -0.2) is 4.79 Å². The quantitative estimate of drug-likeness (QED) is 0.788. The summed E-state index contributed by atoms with van der Waals surface area (Å²) >= 11 is 0. The fourth-order valence-corrected chi connectivity index (χ4v) is 1.79. The molecule has 0 amide bonds. The Morgan fingerprint density at radius 2 is 1.84 bits per heavy atom. The minimum atomic E-state index is -0.460. The fourth-order valence-electron chi connectivity index (χ4n) is 1.79. The maximum Gasteiger partial charge on any atom is 0.340 e. The van der Waals surface area contributed by atoms with Gasteiger partial charge >= 0.3 is 5.97 Å². The van der Waals surface area contributed by atoms with Crippen LogP contribution in [0.5, 0.6) is 0 Å². The maximum absolute atomic E-state index is 11.9. The largest absolute Gasteiger partial charge is 0.456 e. The fraction of sp³-hybridized carbons (Fsp3) is 0.312. The molecule has 1 aromatic carbocycles. The third-order valence-corrected chi connectivity index (χ3v) is 2.59. The molecule has 19 heavy (non-hydrogen) atoms. The zero-order chi connectivity index (χ0) is 13.9. The van der Waals surface area contributed by atoms with Crippen molar-refractivity contribution >= 4 is 5.97 Å². The number of rotatable bonds is 3. The zero-order valence-corrected chi connectivity index (χ0v) is 11.6. The molecule has 0 aliphatic rings. The second-order valence-electron chi connectivity index (χ2n) is 5.56. The third kappa shape index (κ3) is 3.98. The molecule has 2 rings (SSSR count). The Balaban J connectivity index is 2.05. The van der Waals surface area contributed by atoms with Gasteiger partial charge in [0.2, 0.25) is 0 Å². The average molecular weight is 257 g/mol. The number of esters is 1. The lowest BCUT2D eigenvalue weighted by Gasteiger charge is -2.18. The Morgan fingerprint density at radius 1 is 1.16 bits per heavy atom. The van der Waals surface area contributed by atoms with Gasteiger partial charge in [-0.1, -0.05) is 30.3 Å². The summed E-state index contributed by atoms with van der Waals surface area (Å²) in [4.78, 5) is 11.9. The first kappa shape index (κ1) is 13.4. The topological polar surface area (TPSA) is 31.2 Å². The summed E-state index contributed by atoms with van der Waals surface area (Å²) in [6.07, 6.45) is 3.72. The number of hydrogen-bond donors (Lipinski definition) is 0. The number of ether oxygens (including phenoxy) is 1. The molecule has 0 saturated carbocycles. The van der Waals surface area contributed by atoms with E-state index in [1.165, 1.54) is 5.56 Å². The van der Waals surface area contributed by atoms with E-state index in [0.717, 1.165) is 6.54 Å². The molecule has 0 spiro atoms. The van der Waals surface area contributed by atoms with Crippen LogP contribution in [0.4, 0.5) is 0 Å². The molecule has 0 N–H and O–H groups in total. The van der Waals surface area contributed by atoms with Gasteiger partial charge < -0.3 is 9.30 Å². The molecule has 1 heterocycles. The van der Waals surface area contributed by atoms with Crippen molar-refractivity contribution in [3.8, 4) is 0 Å². The summed E-state index contributed by atoms with van der Waals surface area (Å²) in [5.74, 6) is -0.278. The Bertz CT molecular complexity index is 550. The van der Waals surface area contributed by atoms with E-state index < -0.39 is 5.60 Å². The molecule has 0 fully saturated rings. The number of carbonyl (C=O) groups is 1. The summed E-state index contributed by atoms with van der Waals surface area (Å²) in [5, 5.41) is 0. The normalized spacial score (nSPS) is 11.3. The van der Waals surface area contributed by atoms with E-state index in [9.17, 15) is 4.79 Å². The second-order valence-corrected chi connectivity index (χ2v) is 5.56. The summed E-state index contributed by atoms with van der Waals surface area (Å²) in [7, 11) is 0. The predicted octanol–water partition coefficient (Wildman–Crippen LogP) is 3.49. The van der Waals surface area contributed by atoms with Gasteiger partial charge in [-0.2, -0.15) is 0 Å². The van der Waals surface area contributed by atoms with Crippen LogP contribution in [0, 0.1) is 0 Å². The van der Waals surface area contributed by atoms with Gasteiger partial charge in [0.05, 0.1) is 5.56 Å². The van der Waals surface area contributed by atoms with Crippen LogP contribution in [0.15, 0.2) is 48.8 Å². The summed E-state index contributed by atoms with van der Waals surface area (Å²) in [6, 6.07) is 11.9. The van der Waals surface area contributed by atoms with Crippen LogP contribution in [0.25, 0.3) is 0 Å². The van der Waals surface area contributed by atoms with Crippen LogP contribution in [0.2, 0.25) is 0 Å². The smallest absolute Gasteiger partial charge is 0.340 e. The highest BCUT2D eigenvalue weighted by atomic mass is 16.6. The van der Waals surface area contributed by atoms with Crippen LogP contribution in [0.3, 0.4) is 0 Å². The molecule has 3 nitrogen and oxygen atoms in total. The SMILES string of the molecule is CC(C)(C)OC(=O)c1ccn(Cc2ccccc2)c1. The molecule has 1 aromatic heterocycles. The van der Waals surface area contributed by atoms with Crippen LogP contribution >= 0.6 is 0 Å². The molecule has 0 radical (unpaired) electrons. The molecular formula is C16H19NO2. The monoisotopic (exact) mass is 257 g/mol. The van der Waals surface area contributed by atoms with E-state index in [-0.39, 0.29) is 5.97 Å². The molecule has 3 heteroatoms. The van der Waals surface area contributed by atoms with Crippen molar-refractivity contribution in [3.63, 3.8) is 0 Å². The standard InChI is InChI=1S/C16H19NO2/c1-16(2,3)19-15(18)14-9-10-17(12-14)11-13-7-5-4-6-8-13/h4-10,12H,11H2,1-3H3. The van der Waals surface area contributed by atoms with Gasteiger partial charge in [0.25, 0.3) is 0 Å². The molecule has 2 aromatic rings. The first-order valence-corrected chi connectivity index (χ1v) is 6.37. The second kappa shape index (κ2) is 5.31. The van der Waals surface area contributed by atoms with Gasteiger partial charge in [0, 0.05) is 18.9 Å². The van der Waals surface area contributed by atoms with Crippen LogP contribution < -0.4 is 0 Å². The van der Waals surface area contributed by atoms with Crippen LogP contribution in [-0.4, -0.2) is 16.1 Å². The van der Waals surface area contributed by atoms with Crippen molar-refractivity contribution in [1.29, 1.82) is 0 Å². The number of benzene rings is 1. The van der Waals surface area contributed by atoms with Crippen molar-refractivity contribution < 1.29 is 9.53 Å². The van der Waals surface area contributed by atoms with E-state index >= 15 is 0 Å². The van der Waals surface area contributed by atoms with Crippen molar-refractivity contribution in [3.05, 3.63) is 59.9 Å².